The van der Waals surface area contributed by atoms with E-state index in [0.717, 1.165) is 5.69 Å². The van der Waals surface area contributed by atoms with E-state index in [0.29, 0.717) is 5.56 Å². The molecule has 0 amide bonds. The molecule has 0 aliphatic heterocycles. The van der Waals surface area contributed by atoms with Crippen LogP contribution in [-0.2, 0) is 0 Å². The van der Waals surface area contributed by atoms with E-state index in [2.05, 4.69) is 26.5 Å². The van der Waals surface area contributed by atoms with Crippen molar-refractivity contribution in [2.45, 2.75) is 0 Å². The van der Waals surface area contributed by atoms with Crippen molar-refractivity contribution in [2.75, 3.05) is 5.43 Å². The lowest BCUT2D eigenvalue weighted by molar-refractivity contribution is 0.106. The summed E-state index contributed by atoms with van der Waals surface area (Å²) < 4.78 is 0.248. The lowest BCUT2D eigenvalue weighted by atomic mass is 10.1. The lowest BCUT2D eigenvalue weighted by Crippen LogP contribution is -2.09. The highest BCUT2D eigenvalue weighted by atomic mass is 79.9. The molecule has 4 heteroatoms. The van der Waals surface area contributed by atoms with Crippen LogP contribution in [0, 0.1) is 0 Å². The van der Waals surface area contributed by atoms with Gasteiger partial charge in [-0.2, -0.15) is 5.10 Å². The third-order valence-corrected chi connectivity index (χ3v) is 2.82. The first-order chi connectivity index (χ1) is 8.77. The number of hydrogen-bond acceptors (Lipinski definition) is 3. The Labute approximate surface area is 114 Å². The zero-order valence-corrected chi connectivity index (χ0v) is 11.1. The van der Waals surface area contributed by atoms with E-state index >= 15 is 0 Å². The first-order valence-electron chi connectivity index (χ1n) is 5.41. The van der Waals surface area contributed by atoms with Crippen LogP contribution in [0.4, 0.5) is 5.69 Å². The normalized spacial score (nSPS) is 11.1. The van der Waals surface area contributed by atoms with Gasteiger partial charge < -0.3 is 0 Å². The highest BCUT2D eigenvalue weighted by Gasteiger charge is 2.10. The van der Waals surface area contributed by atoms with Gasteiger partial charge >= 0.3 is 0 Å². The van der Waals surface area contributed by atoms with Gasteiger partial charge in [-0.25, -0.2) is 0 Å². The van der Waals surface area contributed by atoms with E-state index in [1.165, 1.54) is 0 Å². The summed E-state index contributed by atoms with van der Waals surface area (Å²) in [5, 5.41) is 4.00. The molecule has 0 aromatic heterocycles. The molecule has 0 saturated carbocycles. The summed E-state index contributed by atoms with van der Waals surface area (Å²) in [5.41, 5.74) is 4.24. The van der Waals surface area contributed by atoms with Gasteiger partial charge in [0.15, 0.2) is 4.62 Å². The minimum absolute atomic E-state index is 0.154. The second-order valence-corrected chi connectivity index (χ2v) is 4.33. The largest absolute Gasteiger partial charge is 0.286 e. The molecule has 2 rings (SSSR count). The van der Waals surface area contributed by atoms with Crippen molar-refractivity contribution in [3.05, 3.63) is 66.2 Å². The number of para-hydroxylation sites is 1. The molecule has 0 aliphatic rings. The maximum atomic E-state index is 11.9. The molecule has 2 aromatic carbocycles. The van der Waals surface area contributed by atoms with Gasteiger partial charge in [0, 0.05) is 5.56 Å². The first-order valence-corrected chi connectivity index (χ1v) is 6.20. The Kier molecular flexibility index (Phi) is 4.25. The molecule has 2 aromatic rings. The third kappa shape index (κ3) is 3.28. The van der Waals surface area contributed by atoms with Crippen molar-refractivity contribution < 1.29 is 4.79 Å². The molecule has 0 radical (unpaired) electrons. The number of hydrazone groups is 1. The highest BCUT2D eigenvalue weighted by molar-refractivity contribution is 9.19. The van der Waals surface area contributed by atoms with Crippen molar-refractivity contribution in [1.29, 1.82) is 0 Å². The van der Waals surface area contributed by atoms with Crippen LogP contribution in [0.3, 0.4) is 0 Å². The number of rotatable bonds is 4. The van der Waals surface area contributed by atoms with Crippen LogP contribution in [0.1, 0.15) is 10.4 Å². The summed E-state index contributed by atoms with van der Waals surface area (Å²) in [6, 6.07) is 18.5. The standard InChI is InChI=1S/C14H11BrN2O/c15-14(13(18)11-7-3-1-4-8-11)17-16-12-9-5-2-6-10-12/h1-10,16H/b17-14+. The number of carbonyl (C=O) groups is 1. The van der Waals surface area contributed by atoms with E-state index in [9.17, 15) is 4.79 Å². The Morgan fingerprint density at radius 2 is 1.50 bits per heavy atom. The van der Waals surface area contributed by atoms with Crippen LogP contribution < -0.4 is 5.43 Å². The molecule has 90 valence electrons. The van der Waals surface area contributed by atoms with Crippen molar-refractivity contribution in [2.24, 2.45) is 5.10 Å². The fourth-order valence-corrected chi connectivity index (χ4v) is 1.70. The first kappa shape index (κ1) is 12.5. The predicted octanol–water partition coefficient (Wildman–Crippen LogP) is 3.69. The average Bonchev–Trinajstić information content (AvgIpc) is 2.46. The molecule has 0 saturated heterocycles. The van der Waals surface area contributed by atoms with Crippen LogP contribution in [0.25, 0.3) is 0 Å². The van der Waals surface area contributed by atoms with E-state index in [1.54, 1.807) is 12.1 Å². The number of nitrogens with one attached hydrogen (secondary N) is 1. The predicted molar refractivity (Wildman–Crippen MR) is 77.2 cm³/mol. The molecular formula is C14H11BrN2O. The number of carbonyl (C=O) groups excluding carboxylic acids is 1. The molecule has 1 N–H and O–H groups in total. The smallest absolute Gasteiger partial charge is 0.220 e. The lowest BCUT2D eigenvalue weighted by Gasteiger charge is -2.01. The zero-order valence-electron chi connectivity index (χ0n) is 9.51. The van der Waals surface area contributed by atoms with Gasteiger partial charge in [-0.05, 0) is 28.1 Å². The third-order valence-electron chi connectivity index (χ3n) is 2.28. The summed E-state index contributed by atoms with van der Waals surface area (Å²) in [4.78, 5) is 11.9. The molecule has 0 heterocycles. The minimum atomic E-state index is -0.154. The summed E-state index contributed by atoms with van der Waals surface area (Å²) in [6.45, 7) is 0. The molecule has 18 heavy (non-hydrogen) atoms. The van der Waals surface area contributed by atoms with Crippen LogP contribution >= 0.6 is 15.9 Å². The summed E-state index contributed by atoms with van der Waals surface area (Å²) >= 11 is 3.18. The van der Waals surface area contributed by atoms with Crippen molar-refractivity contribution >= 4 is 32.0 Å². The molecule has 0 fully saturated rings. The van der Waals surface area contributed by atoms with Crippen LogP contribution in [0.5, 0.6) is 0 Å². The SMILES string of the molecule is O=C(/C(Br)=N\Nc1ccccc1)c1ccccc1. The molecule has 0 aliphatic carbocycles. The van der Waals surface area contributed by atoms with Gasteiger partial charge in [-0.15, -0.1) is 0 Å². The van der Waals surface area contributed by atoms with Crippen LogP contribution in [-0.4, -0.2) is 10.4 Å². The van der Waals surface area contributed by atoms with Crippen molar-refractivity contribution in [3.8, 4) is 0 Å². The molecule has 0 spiro atoms. The zero-order chi connectivity index (χ0) is 12.8. The van der Waals surface area contributed by atoms with Gasteiger partial charge in [0.2, 0.25) is 5.78 Å². The number of ketones is 1. The monoisotopic (exact) mass is 302 g/mol. The second kappa shape index (κ2) is 6.12. The molecule has 0 bridgehead atoms. The summed E-state index contributed by atoms with van der Waals surface area (Å²) in [5.74, 6) is -0.154. The Hall–Kier alpha value is -1.94. The number of anilines is 1. The molecule has 3 nitrogen and oxygen atoms in total. The van der Waals surface area contributed by atoms with E-state index < -0.39 is 0 Å². The topological polar surface area (TPSA) is 41.5 Å². The van der Waals surface area contributed by atoms with Crippen molar-refractivity contribution in [1.82, 2.24) is 0 Å². The van der Waals surface area contributed by atoms with Gasteiger partial charge in [0.1, 0.15) is 0 Å². The van der Waals surface area contributed by atoms with Gasteiger partial charge in [0.05, 0.1) is 5.69 Å². The van der Waals surface area contributed by atoms with Crippen molar-refractivity contribution in [3.63, 3.8) is 0 Å². The summed E-state index contributed by atoms with van der Waals surface area (Å²) in [7, 11) is 0. The van der Waals surface area contributed by atoms with E-state index in [1.807, 2.05) is 48.5 Å². The Morgan fingerprint density at radius 3 is 2.11 bits per heavy atom. The molecule has 0 unspecified atom stereocenters. The maximum absolute atomic E-state index is 11.9. The quantitative estimate of drug-likeness (QED) is 0.532. The highest BCUT2D eigenvalue weighted by Crippen LogP contribution is 2.08. The van der Waals surface area contributed by atoms with E-state index in [-0.39, 0.29) is 10.4 Å². The van der Waals surface area contributed by atoms with Gasteiger partial charge in [-0.3, -0.25) is 10.2 Å². The van der Waals surface area contributed by atoms with E-state index in [4.69, 9.17) is 0 Å². The fourth-order valence-electron chi connectivity index (χ4n) is 1.39. The van der Waals surface area contributed by atoms with Crippen LogP contribution in [0.15, 0.2) is 65.8 Å². The number of Topliss-reactive ketones (excluding diaryl/α,β-unsaturated/α-hetero) is 1. The fraction of sp³-hybridized carbons (Fsp3) is 0. The van der Waals surface area contributed by atoms with Crippen LogP contribution in [0.2, 0.25) is 0 Å². The average molecular weight is 303 g/mol. The Bertz CT molecular complexity index is 553. The molecule has 0 atom stereocenters. The minimum Gasteiger partial charge on any atom is -0.286 e. The maximum Gasteiger partial charge on any atom is 0.220 e. The Balaban J connectivity index is 2.08. The number of hydrogen-bond donors (Lipinski definition) is 1. The number of halogens is 1. The molecular weight excluding hydrogens is 292 g/mol. The van der Waals surface area contributed by atoms with Gasteiger partial charge in [0.25, 0.3) is 0 Å². The second-order valence-electron chi connectivity index (χ2n) is 3.58. The Morgan fingerprint density at radius 1 is 0.944 bits per heavy atom. The number of benzene rings is 2. The number of nitrogens with zero attached hydrogens (tertiary/aromatic N) is 1. The van der Waals surface area contributed by atoms with Gasteiger partial charge in [-0.1, -0.05) is 48.5 Å². The summed E-state index contributed by atoms with van der Waals surface area (Å²) in [6.07, 6.45) is 0.